The number of nitrogens with zero attached hydrogens (tertiary/aromatic N) is 1. The normalized spacial score (nSPS) is 18.6. The van der Waals surface area contributed by atoms with Crippen LogP contribution in [0.15, 0.2) is 23.2 Å². The van der Waals surface area contributed by atoms with Crippen LogP contribution in [-0.2, 0) is 0 Å². The molecule has 1 atom stereocenters. The highest BCUT2D eigenvalue weighted by Gasteiger charge is 2.25. The van der Waals surface area contributed by atoms with Gasteiger partial charge in [0.2, 0.25) is 0 Å². The molecule has 0 spiro atoms. The number of benzene rings is 1. The summed E-state index contributed by atoms with van der Waals surface area (Å²) in [5.74, 6) is 0.136. The Bertz CT molecular complexity index is 528. The van der Waals surface area contributed by atoms with Gasteiger partial charge in [0.05, 0.1) is 17.0 Å². The molecular weight excluding hydrogens is 270 g/mol. The predicted octanol–water partition coefficient (Wildman–Crippen LogP) is 2.57. The van der Waals surface area contributed by atoms with Gasteiger partial charge < -0.3 is 5.11 Å². The monoisotopic (exact) mass is 281 g/mol. The second-order valence-electron chi connectivity index (χ2n) is 3.70. The maximum atomic E-state index is 12.2. The molecule has 2 rings (SSSR count). The lowest BCUT2D eigenvalue weighted by Crippen LogP contribution is -2.17. The molecule has 1 aliphatic heterocycles. The zero-order chi connectivity index (χ0) is 13.1. The van der Waals surface area contributed by atoms with E-state index in [0.717, 1.165) is 0 Å². The number of phenolic OH excluding ortho intramolecular Hbond substituents is 1. The molecule has 1 aliphatic rings. The highest BCUT2D eigenvalue weighted by molar-refractivity contribution is 8.25. The summed E-state index contributed by atoms with van der Waals surface area (Å²) in [5.41, 5.74) is 2.27. The zero-order valence-electron chi connectivity index (χ0n) is 9.62. The van der Waals surface area contributed by atoms with Gasteiger partial charge in [-0.15, -0.1) is 11.8 Å². The first-order valence-corrected chi connectivity index (χ1v) is 7.22. The number of hydrogen-bond acceptors (Lipinski definition) is 6. The van der Waals surface area contributed by atoms with Crippen LogP contribution in [0.25, 0.3) is 0 Å². The Morgan fingerprint density at radius 3 is 2.83 bits per heavy atom. The van der Waals surface area contributed by atoms with Crippen molar-refractivity contribution in [2.75, 3.05) is 5.88 Å². The molecule has 0 radical (unpaired) electrons. The van der Waals surface area contributed by atoms with Crippen molar-refractivity contribution in [3.63, 3.8) is 0 Å². The summed E-state index contributed by atoms with van der Waals surface area (Å²) < 4.78 is -0.310. The SMILES string of the molecule is CC(=O)c1ccc(O)c(C(=O)C2SC=NCS2)c1. The number of aliphatic imine (C=N–C) groups is 1. The molecular formula is C12H11NO3S2. The number of carbonyl (C=O) groups excluding carboxylic acids is 2. The fourth-order valence-corrected chi connectivity index (χ4v) is 3.33. The molecule has 94 valence electrons. The lowest BCUT2D eigenvalue weighted by atomic mass is 10.0. The van der Waals surface area contributed by atoms with Gasteiger partial charge in [-0.05, 0) is 25.1 Å². The second-order valence-corrected chi connectivity index (χ2v) is 6.02. The number of hydrogen-bond donors (Lipinski definition) is 1. The highest BCUT2D eigenvalue weighted by Crippen LogP contribution is 2.32. The standard InChI is InChI=1S/C12H11NO3S2/c1-7(14)8-2-3-10(15)9(4-8)11(16)12-17-5-13-6-18-12/h2-5,12,15H,6H2,1H3. The van der Waals surface area contributed by atoms with Crippen molar-refractivity contribution >= 4 is 40.6 Å². The summed E-state index contributed by atoms with van der Waals surface area (Å²) in [6, 6.07) is 4.35. The Kier molecular flexibility index (Phi) is 4.08. The first-order valence-electron chi connectivity index (χ1n) is 5.23. The minimum Gasteiger partial charge on any atom is -0.507 e. The Morgan fingerprint density at radius 1 is 1.44 bits per heavy atom. The van der Waals surface area contributed by atoms with Gasteiger partial charge in [-0.25, -0.2) is 0 Å². The smallest absolute Gasteiger partial charge is 0.189 e. The molecule has 6 heteroatoms. The quantitative estimate of drug-likeness (QED) is 0.862. The predicted molar refractivity (Wildman–Crippen MR) is 74.8 cm³/mol. The number of thioether (sulfide) groups is 2. The molecule has 0 aliphatic carbocycles. The van der Waals surface area contributed by atoms with E-state index < -0.39 is 0 Å². The third-order valence-corrected chi connectivity index (χ3v) is 4.73. The van der Waals surface area contributed by atoms with Crippen LogP contribution in [0.2, 0.25) is 0 Å². The second kappa shape index (κ2) is 5.58. The highest BCUT2D eigenvalue weighted by atomic mass is 32.2. The molecule has 1 unspecified atom stereocenters. The third-order valence-electron chi connectivity index (χ3n) is 2.44. The molecule has 1 heterocycles. The molecule has 18 heavy (non-hydrogen) atoms. The number of carbonyl (C=O) groups is 2. The summed E-state index contributed by atoms with van der Waals surface area (Å²) in [6.45, 7) is 1.43. The van der Waals surface area contributed by atoms with E-state index in [1.165, 1.54) is 48.6 Å². The van der Waals surface area contributed by atoms with Gasteiger partial charge in [0.25, 0.3) is 0 Å². The summed E-state index contributed by atoms with van der Waals surface area (Å²) in [4.78, 5) is 27.5. The summed E-state index contributed by atoms with van der Waals surface area (Å²) in [6.07, 6.45) is 0. The van der Waals surface area contributed by atoms with E-state index in [1.54, 1.807) is 5.55 Å². The maximum Gasteiger partial charge on any atom is 0.189 e. The van der Waals surface area contributed by atoms with Crippen molar-refractivity contribution in [2.45, 2.75) is 11.5 Å². The van der Waals surface area contributed by atoms with E-state index >= 15 is 0 Å². The van der Waals surface area contributed by atoms with Crippen LogP contribution in [0.3, 0.4) is 0 Å². The van der Waals surface area contributed by atoms with E-state index in [4.69, 9.17) is 0 Å². The Hall–Kier alpha value is -1.27. The van der Waals surface area contributed by atoms with Crippen LogP contribution in [0.1, 0.15) is 27.6 Å². The fraction of sp³-hybridized carbons (Fsp3) is 0.250. The summed E-state index contributed by atoms with van der Waals surface area (Å²) >= 11 is 2.72. The Balaban J connectivity index is 2.31. The Labute approximate surface area is 113 Å². The van der Waals surface area contributed by atoms with Crippen molar-refractivity contribution < 1.29 is 14.7 Å². The van der Waals surface area contributed by atoms with Gasteiger partial charge in [0, 0.05) is 5.56 Å². The number of ketones is 2. The number of rotatable bonds is 3. The van der Waals surface area contributed by atoms with Gasteiger partial charge in [-0.3, -0.25) is 14.6 Å². The lowest BCUT2D eigenvalue weighted by Gasteiger charge is -2.15. The van der Waals surface area contributed by atoms with Crippen molar-refractivity contribution in [1.29, 1.82) is 0 Å². The first-order chi connectivity index (χ1) is 8.59. The summed E-state index contributed by atoms with van der Waals surface area (Å²) in [7, 11) is 0. The van der Waals surface area contributed by atoms with Crippen molar-refractivity contribution in [2.24, 2.45) is 4.99 Å². The van der Waals surface area contributed by atoms with Crippen LogP contribution < -0.4 is 0 Å². The average Bonchev–Trinajstić information content (AvgIpc) is 2.39. The van der Waals surface area contributed by atoms with Gasteiger partial charge in [0.1, 0.15) is 10.3 Å². The molecule has 0 aromatic heterocycles. The van der Waals surface area contributed by atoms with Crippen LogP contribution in [0.5, 0.6) is 5.75 Å². The molecule has 0 saturated carbocycles. The zero-order valence-corrected chi connectivity index (χ0v) is 11.3. The molecule has 0 bridgehead atoms. The number of phenols is 1. The number of Topliss-reactive ketones (excluding diaryl/α,β-unsaturated/α-hetero) is 2. The van der Waals surface area contributed by atoms with E-state index in [-0.39, 0.29) is 27.5 Å². The van der Waals surface area contributed by atoms with Crippen LogP contribution in [0.4, 0.5) is 0 Å². The van der Waals surface area contributed by atoms with Gasteiger partial charge >= 0.3 is 0 Å². The molecule has 0 fully saturated rings. The molecule has 0 saturated heterocycles. The van der Waals surface area contributed by atoms with Crippen LogP contribution >= 0.6 is 23.5 Å². The molecule has 1 N–H and O–H groups in total. The molecule has 1 aromatic rings. The van der Waals surface area contributed by atoms with Gasteiger partial charge in [-0.1, -0.05) is 11.8 Å². The van der Waals surface area contributed by atoms with E-state index in [9.17, 15) is 14.7 Å². The maximum absolute atomic E-state index is 12.2. The van der Waals surface area contributed by atoms with Crippen LogP contribution in [0, 0.1) is 0 Å². The fourth-order valence-electron chi connectivity index (χ4n) is 1.50. The lowest BCUT2D eigenvalue weighted by molar-refractivity contribution is 0.101. The van der Waals surface area contributed by atoms with E-state index in [2.05, 4.69) is 4.99 Å². The minimum atomic E-state index is -0.310. The first kappa shape index (κ1) is 13.2. The van der Waals surface area contributed by atoms with Gasteiger partial charge in [0.15, 0.2) is 11.6 Å². The third kappa shape index (κ3) is 2.76. The number of aromatic hydroxyl groups is 1. The van der Waals surface area contributed by atoms with Gasteiger partial charge in [-0.2, -0.15) is 0 Å². The van der Waals surface area contributed by atoms with Crippen molar-refractivity contribution in [3.8, 4) is 5.75 Å². The van der Waals surface area contributed by atoms with E-state index in [0.29, 0.717) is 11.4 Å². The topological polar surface area (TPSA) is 66.7 Å². The van der Waals surface area contributed by atoms with Crippen molar-refractivity contribution in [3.05, 3.63) is 29.3 Å². The largest absolute Gasteiger partial charge is 0.507 e. The summed E-state index contributed by atoms with van der Waals surface area (Å²) in [5, 5.41) is 9.73. The van der Waals surface area contributed by atoms with Crippen LogP contribution in [-0.4, -0.2) is 32.7 Å². The van der Waals surface area contributed by atoms with Crippen molar-refractivity contribution in [1.82, 2.24) is 0 Å². The minimum absolute atomic E-state index is 0.0892. The molecule has 4 nitrogen and oxygen atoms in total. The molecule has 0 amide bonds. The average molecular weight is 281 g/mol. The Morgan fingerprint density at radius 2 is 2.22 bits per heavy atom. The van der Waals surface area contributed by atoms with E-state index in [1.807, 2.05) is 0 Å². The molecule has 1 aromatic carbocycles.